The minimum absolute atomic E-state index is 0.00544. The summed E-state index contributed by atoms with van der Waals surface area (Å²) in [5.41, 5.74) is -0.369. The van der Waals surface area contributed by atoms with Gasteiger partial charge in [0.25, 0.3) is 0 Å². The Morgan fingerprint density at radius 3 is 2.56 bits per heavy atom. The van der Waals surface area contributed by atoms with Gasteiger partial charge in [-0.3, -0.25) is 4.79 Å². The van der Waals surface area contributed by atoms with Crippen molar-refractivity contribution in [2.75, 3.05) is 30.8 Å². The van der Waals surface area contributed by atoms with E-state index in [1.165, 1.54) is 24.5 Å². The molecule has 0 aliphatic carbocycles. The number of aromatic nitrogens is 5. The molecule has 11 nitrogen and oxygen atoms in total. The van der Waals surface area contributed by atoms with Gasteiger partial charge in [0.1, 0.15) is 22.5 Å². The number of pyridine rings is 3. The lowest BCUT2D eigenvalue weighted by atomic mass is 10.0. The van der Waals surface area contributed by atoms with Crippen molar-refractivity contribution in [2.45, 2.75) is 37.8 Å². The molecular weight excluding hydrogens is 597 g/mol. The molecule has 0 aromatic carbocycles. The largest absolute Gasteiger partial charge is 0.355 e. The third-order valence-electron chi connectivity index (χ3n) is 7.32. The van der Waals surface area contributed by atoms with Crippen LogP contribution < -0.4 is 10.6 Å². The fourth-order valence-electron chi connectivity index (χ4n) is 5.29. The zero-order valence-electron chi connectivity index (χ0n) is 24.0. The maximum Gasteiger partial charge on any atom is 0.355 e. The summed E-state index contributed by atoms with van der Waals surface area (Å²) in [5, 5.41) is -0.183. The number of amides is 1. The van der Waals surface area contributed by atoms with Gasteiger partial charge in [-0.2, -0.15) is 4.98 Å². The molecule has 43 heavy (non-hydrogen) atoms. The Morgan fingerprint density at radius 2 is 1.93 bits per heavy atom. The molecule has 0 spiro atoms. The van der Waals surface area contributed by atoms with Crippen LogP contribution in [0.5, 0.6) is 0 Å². The molecular formula is C29H29ClFN7O4S. The Kier molecular flexibility index (Phi) is 8.05. The Balaban J connectivity index is 1.88. The van der Waals surface area contributed by atoms with E-state index < -0.39 is 21.3 Å². The van der Waals surface area contributed by atoms with Crippen molar-refractivity contribution < 1.29 is 17.6 Å². The van der Waals surface area contributed by atoms with Crippen LogP contribution in [0.1, 0.15) is 32.3 Å². The van der Waals surface area contributed by atoms with Gasteiger partial charge in [0, 0.05) is 49.9 Å². The quantitative estimate of drug-likeness (QED) is 0.232. The SMILES string of the molecule is C=CC(=O)N1CCN(c2nc(=O)n(-c3c(C(C)C)ccnc3S(C)(=O)=O)c3nc(-c4cccnc4Cl)c(F)cc23)[C@@H](C)C1. The van der Waals surface area contributed by atoms with Crippen molar-refractivity contribution in [1.29, 1.82) is 0 Å². The van der Waals surface area contributed by atoms with E-state index in [1.54, 1.807) is 23.1 Å². The van der Waals surface area contributed by atoms with Gasteiger partial charge in [0.15, 0.2) is 20.5 Å². The molecule has 0 saturated carbocycles. The molecule has 1 aliphatic heterocycles. The first-order valence-corrected chi connectivity index (χ1v) is 15.7. The Morgan fingerprint density at radius 1 is 1.19 bits per heavy atom. The second kappa shape index (κ2) is 11.5. The molecule has 4 aromatic rings. The van der Waals surface area contributed by atoms with Gasteiger partial charge in [-0.15, -0.1) is 0 Å². The minimum atomic E-state index is -3.94. The number of carbonyl (C=O) groups is 1. The van der Waals surface area contributed by atoms with Crippen molar-refractivity contribution in [3.05, 3.63) is 76.3 Å². The molecule has 1 aliphatic rings. The summed E-state index contributed by atoms with van der Waals surface area (Å²) in [5.74, 6) is -1.05. The highest BCUT2D eigenvalue weighted by Crippen LogP contribution is 2.35. The number of hydrogen-bond donors (Lipinski definition) is 0. The summed E-state index contributed by atoms with van der Waals surface area (Å²) in [6, 6.07) is 5.64. The molecule has 4 aromatic heterocycles. The minimum Gasteiger partial charge on any atom is -0.350 e. The number of carbonyl (C=O) groups excluding carboxylic acids is 1. The maximum atomic E-state index is 15.9. The fourth-order valence-corrected chi connectivity index (χ4v) is 6.31. The van der Waals surface area contributed by atoms with Crippen molar-refractivity contribution in [1.82, 2.24) is 29.4 Å². The van der Waals surface area contributed by atoms with Gasteiger partial charge >= 0.3 is 5.69 Å². The number of nitrogens with zero attached hydrogens (tertiary/aromatic N) is 7. The van der Waals surface area contributed by atoms with E-state index in [4.69, 9.17) is 11.6 Å². The monoisotopic (exact) mass is 625 g/mol. The molecule has 5 rings (SSSR count). The topological polar surface area (TPSA) is 131 Å². The highest BCUT2D eigenvalue weighted by Gasteiger charge is 2.32. The van der Waals surface area contributed by atoms with Gasteiger partial charge in [-0.1, -0.05) is 32.0 Å². The third kappa shape index (κ3) is 5.50. The third-order valence-corrected chi connectivity index (χ3v) is 8.62. The first kappa shape index (κ1) is 30.2. The smallest absolute Gasteiger partial charge is 0.350 e. The van der Waals surface area contributed by atoms with Crippen LogP contribution in [0.25, 0.3) is 28.0 Å². The summed E-state index contributed by atoms with van der Waals surface area (Å²) in [6.07, 6.45) is 5.05. The van der Waals surface area contributed by atoms with Crippen molar-refractivity contribution in [3.63, 3.8) is 0 Å². The van der Waals surface area contributed by atoms with E-state index in [-0.39, 0.29) is 61.8 Å². The predicted octanol–water partition coefficient (Wildman–Crippen LogP) is 3.78. The molecule has 1 amide bonds. The Bertz CT molecular complexity index is 1950. The number of sulfone groups is 1. The van der Waals surface area contributed by atoms with Crippen LogP contribution in [-0.4, -0.2) is 75.7 Å². The number of halogens is 2. The highest BCUT2D eigenvalue weighted by molar-refractivity contribution is 7.90. The van der Waals surface area contributed by atoms with Gasteiger partial charge in [0.05, 0.1) is 11.1 Å². The molecule has 1 fully saturated rings. The van der Waals surface area contributed by atoms with Crippen LogP contribution in [0, 0.1) is 5.82 Å². The predicted molar refractivity (Wildman–Crippen MR) is 162 cm³/mol. The lowest BCUT2D eigenvalue weighted by molar-refractivity contribution is -0.126. The zero-order chi connectivity index (χ0) is 31.2. The molecule has 1 atom stereocenters. The van der Waals surface area contributed by atoms with Gasteiger partial charge in [-0.25, -0.2) is 37.1 Å². The fraction of sp³-hybridized carbons (Fsp3) is 0.310. The summed E-state index contributed by atoms with van der Waals surface area (Å²) < 4.78 is 42.9. The normalized spacial score (nSPS) is 15.7. The second-order valence-electron chi connectivity index (χ2n) is 10.6. The lowest BCUT2D eigenvalue weighted by Crippen LogP contribution is -2.54. The van der Waals surface area contributed by atoms with E-state index in [2.05, 4.69) is 26.5 Å². The van der Waals surface area contributed by atoms with E-state index in [1.807, 2.05) is 25.7 Å². The Labute approximate surface area is 252 Å². The van der Waals surface area contributed by atoms with Crippen LogP contribution in [0.3, 0.4) is 0 Å². The standard InChI is InChI=1S/C29H29ClFN7O4S/c1-6-22(39)36-12-13-37(17(4)15-36)26-20-14-21(31)23(19-8-7-10-32-25(19)30)34-27(20)38(29(40)35-26)24-18(16(2)3)9-11-33-28(24)43(5,41)42/h6-11,14,16-17H,1,12-13,15H2,2-5H3/t17-/m0/s1. The number of rotatable bonds is 6. The highest BCUT2D eigenvalue weighted by atomic mass is 35.5. The van der Waals surface area contributed by atoms with Gasteiger partial charge < -0.3 is 9.80 Å². The van der Waals surface area contributed by atoms with Gasteiger partial charge in [0.2, 0.25) is 5.91 Å². The second-order valence-corrected chi connectivity index (χ2v) is 12.9. The molecule has 0 bridgehead atoms. The van der Waals surface area contributed by atoms with E-state index in [0.29, 0.717) is 25.2 Å². The van der Waals surface area contributed by atoms with Crippen LogP contribution >= 0.6 is 11.6 Å². The van der Waals surface area contributed by atoms with Crippen molar-refractivity contribution >= 4 is 44.2 Å². The summed E-state index contributed by atoms with van der Waals surface area (Å²) in [4.78, 5) is 46.8. The van der Waals surface area contributed by atoms with E-state index in [0.717, 1.165) is 10.8 Å². The number of hydrogen-bond acceptors (Lipinski definition) is 9. The van der Waals surface area contributed by atoms with Crippen LogP contribution in [-0.2, 0) is 14.6 Å². The van der Waals surface area contributed by atoms with E-state index in [9.17, 15) is 18.0 Å². The molecule has 224 valence electrons. The molecule has 0 N–H and O–H groups in total. The average molecular weight is 626 g/mol. The van der Waals surface area contributed by atoms with Crippen LogP contribution in [0.15, 0.2) is 59.1 Å². The lowest BCUT2D eigenvalue weighted by Gasteiger charge is -2.40. The summed E-state index contributed by atoms with van der Waals surface area (Å²) >= 11 is 6.31. The summed E-state index contributed by atoms with van der Waals surface area (Å²) in [7, 11) is -3.94. The van der Waals surface area contributed by atoms with Crippen LogP contribution in [0.2, 0.25) is 5.15 Å². The average Bonchev–Trinajstić information content (AvgIpc) is 2.96. The number of anilines is 1. The first-order valence-electron chi connectivity index (χ1n) is 13.4. The van der Waals surface area contributed by atoms with Crippen molar-refractivity contribution in [3.8, 4) is 16.9 Å². The zero-order valence-corrected chi connectivity index (χ0v) is 25.5. The first-order chi connectivity index (χ1) is 20.3. The maximum absolute atomic E-state index is 15.9. The molecule has 0 unspecified atom stereocenters. The molecule has 14 heteroatoms. The summed E-state index contributed by atoms with van der Waals surface area (Å²) in [6.45, 7) is 10.0. The molecule has 5 heterocycles. The number of fused-ring (bicyclic) bond motifs is 1. The number of piperazine rings is 1. The van der Waals surface area contributed by atoms with Crippen molar-refractivity contribution in [2.24, 2.45) is 0 Å². The van der Waals surface area contributed by atoms with E-state index >= 15 is 4.39 Å². The molecule has 0 radical (unpaired) electrons. The Hall–Kier alpha value is -4.23. The van der Waals surface area contributed by atoms with Gasteiger partial charge in [-0.05, 0) is 48.7 Å². The van der Waals surface area contributed by atoms with Crippen LogP contribution in [0.4, 0.5) is 10.2 Å². The molecule has 1 saturated heterocycles.